The van der Waals surface area contributed by atoms with Crippen LogP contribution in [0, 0.1) is 17.2 Å². The summed E-state index contributed by atoms with van der Waals surface area (Å²) >= 11 is 1.21. The van der Waals surface area contributed by atoms with Crippen LogP contribution in [-0.4, -0.2) is 22.0 Å². The quantitative estimate of drug-likeness (QED) is 0.757. The molecule has 3 rings (SSSR count). The summed E-state index contributed by atoms with van der Waals surface area (Å²) in [7, 11) is 0. The Kier molecular flexibility index (Phi) is 5.38. The first-order valence-electron chi connectivity index (χ1n) is 8.48. The Hall–Kier alpha value is -2.65. The van der Waals surface area contributed by atoms with E-state index in [0.717, 1.165) is 12.1 Å². The number of amides is 2. The molecule has 0 bridgehead atoms. The molecule has 2 amide bonds. The lowest BCUT2D eigenvalue weighted by atomic mass is 10.1. The second kappa shape index (κ2) is 7.71. The topological polar surface area (TPSA) is 74.1 Å². The van der Waals surface area contributed by atoms with Crippen LogP contribution >= 0.6 is 11.8 Å². The van der Waals surface area contributed by atoms with Gasteiger partial charge in [0.2, 0.25) is 11.8 Å². The number of nitrogens with zero attached hydrogens (tertiary/aromatic N) is 3. The molecule has 0 aliphatic carbocycles. The number of aromatic nitrogens is 1. The van der Waals surface area contributed by atoms with Gasteiger partial charge < -0.3 is 0 Å². The zero-order valence-corrected chi connectivity index (χ0v) is 15.5. The van der Waals surface area contributed by atoms with E-state index in [0.29, 0.717) is 22.2 Å². The van der Waals surface area contributed by atoms with Crippen LogP contribution in [0.1, 0.15) is 31.5 Å². The summed E-state index contributed by atoms with van der Waals surface area (Å²) in [5, 5.41) is 9.31. The molecule has 1 fully saturated rings. The largest absolute Gasteiger partial charge is 0.274 e. The van der Waals surface area contributed by atoms with Crippen LogP contribution in [0.15, 0.2) is 47.5 Å². The molecule has 1 unspecified atom stereocenters. The number of benzene rings is 1. The number of anilines is 1. The minimum Gasteiger partial charge on any atom is -0.274 e. The average Bonchev–Trinajstić information content (AvgIpc) is 2.89. The minimum absolute atomic E-state index is 0.110. The number of hydrogen-bond acceptors (Lipinski definition) is 5. The first kappa shape index (κ1) is 18.2. The highest BCUT2D eigenvalue weighted by Gasteiger charge is 2.40. The number of hydrogen-bond donors (Lipinski definition) is 0. The van der Waals surface area contributed by atoms with Gasteiger partial charge in [-0.25, -0.2) is 9.88 Å². The van der Waals surface area contributed by atoms with Crippen molar-refractivity contribution in [2.45, 2.75) is 37.0 Å². The van der Waals surface area contributed by atoms with Crippen LogP contribution in [0.3, 0.4) is 0 Å². The minimum atomic E-state index is -0.559. The molecule has 5 nitrogen and oxygen atoms in total. The summed E-state index contributed by atoms with van der Waals surface area (Å²) in [6.45, 7) is 4.20. The molecule has 1 saturated heterocycles. The van der Waals surface area contributed by atoms with E-state index in [4.69, 9.17) is 0 Å². The monoisotopic (exact) mass is 365 g/mol. The maximum atomic E-state index is 12.8. The highest BCUT2D eigenvalue weighted by Crippen LogP contribution is 2.34. The van der Waals surface area contributed by atoms with Gasteiger partial charge in [0.05, 0.1) is 16.5 Å². The average molecular weight is 365 g/mol. The van der Waals surface area contributed by atoms with E-state index < -0.39 is 5.25 Å². The van der Waals surface area contributed by atoms with Crippen molar-refractivity contribution in [3.05, 3.63) is 53.7 Å². The van der Waals surface area contributed by atoms with Crippen molar-refractivity contribution in [2.24, 2.45) is 5.92 Å². The van der Waals surface area contributed by atoms with Crippen LogP contribution in [0.5, 0.6) is 0 Å². The van der Waals surface area contributed by atoms with Gasteiger partial charge in [0.15, 0.2) is 0 Å². The van der Waals surface area contributed by atoms with E-state index in [-0.39, 0.29) is 18.2 Å². The Bertz CT molecular complexity index is 874. The summed E-state index contributed by atoms with van der Waals surface area (Å²) in [6, 6.07) is 14.6. The summed E-state index contributed by atoms with van der Waals surface area (Å²) in [6.07, 6.45) is 0.909. The molecule has 1 aliphatic heterocycles. The maximum absolute atomic E-state index is 12.8. The van der Waals surface area contributed by atoms with Crippen molar-refractivity contribution in [3.8, 4) is 6.07 Å². The second-order valence-corrected chi connectivity index (χ2v) is 7.77. The molecule has 132 valence electrons. The van der Waals surface area contributed by atoms with Crippen molar-refractivity contribution in [3.63, 3.8) is 0 Å². The van der Waals surface area contributed by atoms with E-state index >= 15 is 0 Å². The van der Waals surface area contributed by atoms with Gasteiger partial charge >= 0.3 is 0 Å². The summed E-state index contributed by atoms with van der Waals surface area (Å²) in [4.78, 5) is 30.9. The molecule has 2 heterocycles. The third kappa shape index (κ3) is 3.78. The molecule has 6 heteroatoms. The molecule has 0 saturated carbocycles. The fourth-order valence-corrected chi connectivity index (χ4v) is 3.98. The Labute approximate surface area is 157 Å². The number of rotatable bonds is 5. The predicted molar refractivity (Wildman–Crippen MR) is 101 cm³/mol. The normalized spacial score (nSPS) is 17.0. The van der Waals surface area contributed by atoms with Gasteiger partial charge in [0.25, 0.3) is 0 Å². The van der Waals surface area contributed by atoms with Gasteiger partial charge in [-0.3, -0.25) is 9.59 Å². The number of pyridine rings is 1. The number of nitriles is 1. The van der Waals surface area contributed by atoms with E-state index in [1.807, 2.05) is 12.1 Å². The Morgan fingerprint density at radius 2 is 1.96 bits per heavy atom. The van der Waals surface area contributed by atoms with Crippen LogP contribution in [-0.2, 0) is 16.0 Å². The molecule has 0 spiro atoms. The van der Waals surface area contributed by atoms with Crippen molar-refractivity contribution < 1.29 is 9.59 Å². The van der Waals surface area contributed by atoms with Crippen molar-refractivity contribution in [1.29, 1.82) is 5.26 Å². The maximum Gasteiger partial charge on any atom is 0.247 e. The third-order valence-corrected chi connectivity index (χ3v) is 5.22. The molecule has 1 aromatic heterocycles. The summed E-state index contributed by atoms with van der Waals surface area (Å²) in [5.41, 5.74) is 1.90. The predicted octanol–water partition coefficient (Wildman–Crippen LogP) is 3.58. The molecule has 1 aliphatic rings. The van der Waals surface area contributed by atoms with Crippen LogP contribution < -0.4 is 4.90 Å². The van der Waals surface area contributed by atoms with Gasteiger partial charge in [0.1, 0.15) is 11.1 Å². The van der Waals surface area contributed by atoms with E-state index in [9.17, 15) is 14.9 Å². The number of para-hydroxylation sites is 1. The van der Waals surface area contributed by atoms with Gasteiger partial charge in [-0.2, -0.15) is 5.26 Å². The van der Waals surface area contributed by atoms with Crippen LogP contribution in [0.4, 0.5) is 5.69 Å². The number of imide groups is 1. The van der Waals surface area contributed by atoms with Crippen LogP contribution in [0.25, 0.3) is 0 Å². The zero-order valence-electron chi connectivity index (χ0n) is 14.7. The van der Waals surface area contributed by atoms with Gasteiger partial charge in [-0.15, -0.1) is 0 Å². The van der Waals surface area contributed by atoms with E-state index in [2.05, 4.69) is 24.9 Å². The molecule has 2 aromatic rings. The lowest BCUT2D eigenvalue weighted by Gasteiger charge is -2.15. The smallest absolute Gasteiger partial charge is 0.247 e. The van der Waals surface area contributed by atoms with Gasteiger partial charge in [-0.1, -0.05) is 43.8 Å². The van der Waals surface area contributed by atoms with Crippen molar-refractivity contribution >= 4 is 29.3 Å². The Morgan fingerprint density at radius 3 is 2.62 bits per heavy atom. The zero-order chi connectivity index (χ0) is 18.7. The standard InChI is InChI=1S/C20H19N3O2S/c1-13(2)10-15-9-8-14(12-21)19(22-15)26-17-11-18(24)23(20(17)25)16-6-4-3-5-7-16/h3-9,13,17H,10-11H2,1-2H3. The highest BCUT2D eigenvalue weighted by molar-refractivity contribution is 8.00. The summed E-state index contributed by atoms with van der Waals surface area (Å²) in [5.74, 6) is -0.0433. The lowest BCUT2D eigenvalue weighted by molar-refractivity contribution is -0.121. The second-order valence-electron chi connectivity index (χ2n) is 6.58. The lowest BCUT2D eigenvalue weighted by Crippen LogP contribution is -2.31. The van der Waals surface area contributed by atoms with Gasteiger partial charge in [0, 0.05) is 12.1 Å². The van der Waals surface area contributed by atoms with Crippen molar-refractivity contribution in [2.75, 3.05) is 4.90 Å². The van der Waals surface area contributed by atoms with E-state index in [1.54, 1.807) is 30.3 Å². The third-order valence-electron chi connectivity index (χ3n) is 4.03. The fraction of sp³-hybridized carbons (Fsp3) is 0.300. The molecule has 0 N–H and O–H groups in total. The van der Waals surface area contributed by atoms with Crippen LogP contribution in [0.2, 0.25) is 0 Å². The fourth-order valence-electron chi connectivity index (χ4n) is 2.86. The van der Waals surface area contributed by atoms with E-state index in [1.165, 1.54) is 16.7 Å². The first-order chi connectivity index (χ1) is 12.5. The number of carbonyl (C=O) groups excluding carboxylic acids is 2. The molecule has 0 radical (unpaired) electrons. The Morgan fingerprint density at radius 1 is 1.23 bits per heavy atom. The molecular weight excluding hydrogens is 346 g/mol. The first-order valence-corrected chi connectivity index (χ1v) is 9.36. The number of thioether (sulfide) groups is 1. The molecule has 26 heavy (non-hydrogen) atoms. The Balaban J connectivity index is 1.84. The van der Waals surface area contributed by atoms with Gasteiger partial charge in [-0.05, 0) is 36.6 Å². The molecule has 1 atom stereocenters. The molecule has 1 aromatic carbocycles. The highest BCUT2D eigenvalue weighted by atomic mass is 32.2. The molecular formula is C20H19N3O2S. The SMILES string of the molecule is CC(C)Cc1ccc(C#N)c(SC2CC(=O)N(c3ccccc3)C2=O)n1. The van der Waals surface area contributed by atoms with Crippen molar-refractivity contribution in [1.82, 2.24) is 4.98 Å². The summed E-state index contributed by atoms with van der Waals surface area (Å²) < 4.78 is 0. The number of carbonyl (C=O) groups is 2.